The molecule has 1 saturated carbocycles. The summed E-state index contributed by atoms with van der Waals surface area (Å²) in [4.78, 5) is 44.1. The van der Waals surface area contributed by atoms with Gasteiger partial charge in [-0.3, -0.25) is 14.6 Å². The van der Waals surface area contributed by atoms with Crippen molar-refractivity contribution in [2.75, 3.05) is 5.32 Å². The van der Waals surface area contributed by atoms with E-state index in [4.69, 9.17) is 0 Å². The van der Waals surface area contributed by atoms with Crippen LogP contribution in [-0.4, -0.2) is 38.4 Å². The first kappa shape index (κ1) is 22.4. The van der Waals surface area contributed by atoms with Gasteiger partial charge in [0.2, 0.25) is 5.91 Å². The van der Waals surface area contributed by atoms with Gasteiger partial charge in [0.15, 0.2) is 0 Å². The fourth-order valence-corrected chi connectivity index (χ4v) is 3.70. The minimum atomic E-state index is -1.27. The predicted molar refractivity (Wildman–Crippen MR) is 116 cm³/mol. The largest absolute Gasteiger partial charge is 0.480 e. The third-order valence-electron chi connectivity index (χ3n) is 5.72. The summed E-state index contributed by atoms with van der Waals surface area (Å²) in [5.41, 5.74) is 1.59. The first-order valence-corrected chi connectivity index (χ1v) is 10.4. The molecule has 1 aromatic carbocycles. The molecule has 1 fully saturated rings. The quantitative estimate of drug-likeness (QED) is 0.654. The number of hydrogen-bond donors (Lipinski definition) is 3. The van der Waals surface area contributed by atoms with E-state index in [1.54, 1.807) is 6.20 Å². The number of amides is 2. The van der Waals surface area contributed by atoms with Crippen LogP contribution in [0.5, 0.6) is 0 Å². The van der Waals surface area contributed by atoms with E-state index >= 15 is 0 Å². The van der Waals surface area contributed by atoms with Gasteiger partial charge in [-0.1, -0.05) is 12.1 Å². The van der Waals surface area contributed by atoms with E-state index in [9.17, 15) is 19.5 Å². The molecule has 2 amide bonds. The normalized spacial score (nSPS) is 18.8. The zero-order valence-corrected chi connectivity index (χ0v) is 18.0. The lowest BCUT2D eigenvalue weighted by molar-refractivity contribution is -0.146. The molecule has 31 heavy (non-hydrogen) atoms. The maximum absolute atomic E-state index is 12.4. The molecule has 0 unspecified atom stereocenters. The van der Waals surface area contributed by atoms with Crippen LogP contribution in [0.15, 0.2) is 36.7 Å². The van der Waals surface area contributed by atoms with Gasteiger partial charge in [0.25, 0.3) is 5.91 Å². The molecule has 1 heterocycles. The molecular weight excluding hydrogens is 396 g/mol. The Morgan fingerprint density at radius 2 is 1.65 bits per heavy atom. The molecule has 1 aromatic heterocycles. The van der Waals surface area contributed by atoms with Crippen molar-refractivity contribution in [2.45, 2.75) is 57.9 Å². The topological polar surface area (TPSA) is 121 Å². The molecule has 0 saturated heterocycles. The van der Waals surface area contributed by atoms with Gasteiger partial charge in [-0.2, -0.15) is 0 Å². The van der Waals surface area contributed by atoms with Gasteiger partial charge in [-0.25, -0.2) is 9.78 Å². The van der Waals surface area contributed by atoms with Crippen molar-refractivity contribution in [1.82, 2.24) is 15.3 Å². The zero-order valence-electron chi connectivity index (χ0n) is 18.0. The van der Waals surface area contributed by atoms with E-state index in [0.29, 0.717) is 11.6 Å². The molecule has 1 aliphatic rings. The van der Waals surface area contributed by atoms with Crippen molar-refractivity contribution < 1.29 is 19.5 Å². The monoisotopic (exact) mass is 424 g/mol. The van der Waals surface area contributed by atoms with Gasteiger partial charge in [0, 0.05) is 17.8 Å². The van der Waals surface area contributed by atoms with Crippen molar-refractivity contribution in [1.29, 1.82) is 0 Å². The van der Waals surface area contributed by atoms with Gasteiger partial charge in [0.05, 0.1) is 11.9 Å². The van der Waals surface area contributed by atoms with Gasteiger partial charge >= 0.3 is 5.97 Å². The Hall–Kier alpha value is -3.29. The molecule has 2 aromatic rings. The van der Waals surface area contributed by atoms with Gasteiger partial charge in [-0.15, -0.1) is 0 Å². The van der Waals surface area contributed by atoms with E-state index < -0.39 is 11.5 Å². The van der Waals surface area contributed by atoms with Crippen molar-refractivity contribution >= 4 is 23.5 Å². The van der Waals surface area contributed by atoms with Crippen LogP contribution in [0.3, 0.4) is 0 Å². The number of carbonyl (C=O) groups excluding carboxylic acids is 2. The average molecular weight is 425 g/mol. The minimum absolute atomic E-state index is 0.163. The lowest BCUT2D eigenvalue weighted by Gasteiger charge is -2.30. The second-order valence-electron chi connectivity index (χ2n) is 8.59. The fraction of sp³-hybridized carbons (Fsp3) is 0.435. The van der Waals surface area contributed by atoms with Crippen LogP contribution in [0.25, 0.3) is 0 Å². The fourth-order valence-electron chi connectivity index (χ4n) is 3.70. The van der Waals surface area contributed by atoms with Gasteiger partial charge < -0.3 is 15.7 Å². The maximum Gasteiger partial charge on any atom is 0.328 e. The molecule has 3 rings (SSSR count). The van der Waals surface area contributed by atoms with Gasteiger partial charge in [0.1, 0.15) is 11.2 Å². The Balaban J connectivity index is 1.53. The Kier molecular flexibility index (Phi) is 6.68. The van der Waals surface area contributed by atoms with Crippen LogP contribution in [0, 0.1) is 12.8 Å². The first-order chi connectivity index (χ1) is 14.7. The summed E-state index contributed by atoms with van der Waals surface area (Å²) in [6, 6.07) is 7.72. The van der Waals surface area contributed by atoms with Crippen LogP contribution in [0.2, 0.25) is 0 Å². The van der Waals surface area contributed by atoms with Crippen LogP contribution >= 0.6 is 0 Å². The van der Waals surface area contributed by atoms with Crippen LogP contribution < -0.4 is 10.6 Å². The molecule has 1 aliphatic carbocycles. The lowest BCUT2D eigenvalue weighted by Crippen LogP contribution is -2.51. The van der Waals surface area contributed by atoms with Gasteiger partial charge in [-0.05, 0) is 70.1 Å². The van der Waals surface area contributed by atoms with E-state index in [1.807, 2.05) is 31.2 Å². The van der Waals surface area contributed by atoms with E-state index in [-0.39, 0.29) is 23.4 Å². The predicted octanol–water partition coefficient (Wildman–Crippen LogP) is 3.29. The summed E-state index contributed by atoms with van der Waals surface area (Å²) in [5, 5.41) is 14.6. The lowest BCUT2D eigenvalue weighted by atomic mass is 9.78. The third-order valence-corrected chi connectivity index (χ3v) is 5.72. The second kappa shape index (κ2) is 9.24. The minimum Gasteiger partial charge on any atom is -0.480 e. The third kappa shape index (κ3) is 5.65. The highest BCUT2D eigenvalue weighted by molar-refractivity contribution is 6.02. The Bertz CT molecular complexity index is 947. The van der Waals surface area contributed by atoms with E-state index in [0.717, 1.165) is 36.9 Å². The molecule has 0 atom stereocenters. The van der Waals surface area contributed by atoms with Crippen molar-refractivity contribution in [3.63, 3.8) is 0 Å². The Morgan fingerprint density at radius 1 is 1.00 bits per heavy atom. The second-order valence-corrected chi connectivity index (χ2v) is 8.59. The number of hydrogen-bond acceptors (Lipinski definition) is 5. The van der Waals surface area contributed by atoms with Crippen molar-refractivity contribution in [3.05, 3.63) is 53.6 Å². The number of carbonyl (C=O) groups is 3. The highest BCUT2D eigenvalue weighted by Crippen LogP contribution is 2.36. The molecule has 8 nitrogen and oxygen atoms in total. The molecular formula is C23H28N4O4. The zero-order chi connectivity index (χ0) is 22.6. The number of aromatic nitrogens is 2. The summed E-state index contributed by atoms with van der Waals surface area (Å²) >= 11 is 0. The number of anilines is 1. The van der Waals surface area contributed by atoms with E-state index in [2.05, 4.69) is 20.6 Å². The molecule has 0 aliphatic heterocycles. The number of carboxylic acids is 1. The SMILES string of the molecule is Cc1cnc(C(=O)Nc2ccc([C@H]3CC[C@H](C(=O)NC(C)(C)C(=O)O)CC3)cc2)cn1. The van der Waals surface area contributed by atoms with E-state index in [1.165, 1.54) is 20.0 Å². The summed E-state index contributed by atoms with van der Waals surface area (Å²) < 4.78 is 0. The Morgan fingerprint density at radius 3 is 2.19 bits per heavy atom. The van der Waals surface area contributed by atoms with Crippen LogP contribution in [0.1, 0.15) is 67.2 Å². The van der Waals surface area contributed by atoms with Crippen LogP contribution in [-0.2, 0) is 9.59 Å². The van der Waals surface area contributed by atoms with Crippen molar-refractivity contribution in [3.8, 4) is 0 Å². The Labute approximate surface area is 181 Å². The van der Waals surface area contributed by atoms with Crippen molar-refractivity contribution in [2.24, 2.45) is 5.92 Å². The number of aryl methyl sites for hydroxylation is 1. The molecule has 164 valence electrons. The van der Waals surface area contributed by atoms with Crippen LogP contribution in [0.4, 0.5) is 5.69 Å². The number of aliphatic carboxylic acids is 1. The summed E-state index contributed by atoms with van der Waals surface area (Å²) in [6.07, 6.45) is 6.16. The summed E-state index contributed by atoms with van der Waals surface area (Å²) in [7, 11) is 0. The number of nitrogens with zero attached hydrogens (tertiary/aromatic N) is 2. The number of benzene rings is 1. The number of nitrogens with one attached hydrogen (secondary N) is 2. The summed E-state index contributed by atoms with van der Waals surface area (Å²) in [5.74, 6) is -1.37. The maximum atomic E-state index is 12.4. The highest BCUT2D eigenvalue weighted by Gasteiger charge is 2.33. The molecule has 0 radical (unpaired) electrons. The molecule has 3 N–H and O–H groups in total. The molecule has 0 spiro atoms. The smallest absolute Gasteiger partial charge is 0.328 e. The molecule has 8 heteroatoms. The first-order valence-electron chi connectivity index (χ1n) is 10.4. The highest BCUT2D eigenvalue weighted by atomic mass is 16.4. The summed E-state index contributed by atoms with van der Waals surface area (Å²) in [6.45, 7) is 4.79. The standard InChI is InChI=1S/C23H28N4O4/c1-14-12-25-19(13-24-14)21(29)26-18-10-8-16(9-11-18)15-4-6-17(7-5-15)20(28)27-23(2,3)22(30)31/h8-13,15,17H,4-7H2,1-3H3,(H,26,29)(H,27,28)(H,30,31)/t15-,17-. The molecule has 0 bridgehead atoms. The number of carboxylic acid groups (broad SMARTS) is 1. The average Bonchev–Trinajstić information content (AvgIpc) is 2.74. The number of rotatable bonds is 6.